The average molecular weight is 472 g/mol. The Labute approximate surface area is 197 Å². The van der Waals surface area contributed by atoms with Crippen LogP contribution < -0.4 is 4.74 Å². The molecule has 0 saturated heterocycles. The molecule has 7 nitrogen and oxygen atoms in total. The molecule has 0 amide bonds. The molecule has 8 heteroatoms. The van der Waals surface area contributed by atoms with Gasteiger partial charge in [0.25, 0.3) is 0 Å². The van der Waals surface area contributed by atoms with Gasteiger partial charge < -0.3 is 14.7 Å². The zero-order chi connectivity index (χ0) is 24.2. The number of hydrogen-bond acceptors (Lipinski definition) is 6. The van der Waals surface area contributed by atoms with Crippen LogP contribution in [0.25, 0.3) is 11.1 Å². The van der Waals surface area contributed by atoms with Crippen LogP contribution in [0.1, 0.15) is 32.8 Å². The minimum atomic E-state index is -3.88. The van der Waals surface area contributed by atoms with Gasteiger partial charge in [0.05, 0.1) is 18.2 Å². The number of rotatable bonds is 7. The third kappa shape index (κ3) is 5.56. The summed E-state index contributed by atoms with van der Waals surface area (Å²) in [7, 11) is -1.84. The van der Waals surface area contributed by atoms with E-state index in [1.54, 1.807) is 43.3 Å². The zero-order valence-electron chi connectivity index (χ0n) is 19.7. The van der Waals surface area contributed by atoms with Crippen LogP contribution in [0, 0.1) is 17.2 Å². The van der Waals surface area contributed by atoms with Crippen LogP contribution in [-0.2, 0) is 10.0 Å². The minimum Gasteiger partial charge on any atom is -0.487 e. The maximum atomic E-state index is 13.6. The van der Waals surface area contributed by atoms with Crippen LogP contribution in [0.2, 0.25) is 0 Å². The number of nitriles is 1. The molecule has 1 heterocycles. The number of sulfonamides is 1. The third-order valence-corrected chi connectivity index (χ3v) is 8.11. The summed E-state index contributed by atoms with van der Waals surface area (Å²) in [5, 5.41) is 19.0. The third-order valence-electron chi connectivity index (χ3n) is 6.09. The number of likely N-dealkylation sites (N-methyl/N-ethyl adjacent to an activating group) is 1. The SMILES string of the molecule is CCCN(C)C[C@H]1Oc2cc(-c3cccc(C#N)c3)ccc2S(=O)(=O)N([C@@H](C)CO)C[C@H]1C. The van der Waals surface area contributed by atoms with Crippen LogP contribution in [0.5, 0.6) is 5.75 Å². The highest BCUT2D eigenvalue weighted by Gasteiger charge is 2.38. The number of benzene rings is 2. The number of fused-ring (bicyclic) bond motifs is 1. The smallest absolute Gasteiger partial charge is 0.247 e. The fourth-order valence-electron chi connectivity index (χ4n) is 4.17. The number of nitrogens with zero attached hydrogens (tertiary/aromatic N) is 3. The quantitative estimate of drug-likeness (QED) is 0.666. The highest BCUT2D eigenvalue weighted by Crippen LogP contribution is 2.36. The Morgan fingerprint density at radius 3 is 2.67 bits per heavy atom. The molecule has 33 heavy (non-hydrogen) atoms. The molecular weight excluding hydrogens is 438 g/mol. The maximum Gasteiger partial charge on any atom is 0.247 e. The number of hydrogen-bond donors (Lipinski definition) is 1. The number of aliphatic hydroxyl groups is 1. The van der Waals surface area contributed by atoms with Crippen molar-refractivity contribution in [3.05, 3.63) is 48.0 Å². The molecule has 1 N–H and O–H groups in total. The first-order chi connectivity index (χ1) is 15.7. The lowest BCUT2D eigenvalue weighted by Crippen LogP contribution is -2.49. The van der Waals surface area contributed by atoms with E-state index in [1.807, 2.05) is 20.0 Å². The van der Waals surface area contributed by atoms with Gasteiger partial charge in [0, 0.05) is 25.0 Å². The molecule has 0 unspecified atom stereocenters. The Bertz CT molecular complexity index is 1110. The summed E-state index contributed by atoms with van der Waals surface area (Å²) in [6.45, 7) is 7.39. The lowest BCUT2D eigenvalue weighted by molar-refractivity contribution is 0.0753. The van der Waals surface area contributed by atoms with E-state index in [0.29, 0.717) is 17.9 Å². The van der Waals surface area contributed by atoms with Crippen molar-refractivity contribution in [2.75, 3.05) is 33.3 Å². The lowest BCUT2D eigenvalue weighted by atomic mass is 10.0. The van der Waals surface area contributed by atoms with Crippen LogP contribution in [-0.4, -0.2) is 68.2 Å². The highest BCUT2D eigenvalue weighted by atomic mass is 32.2. The van der Waals surface area contributed by atoms with E-state index < -0.39 is 16.1 Å². The Balaban J connectivity index is 2.12. The van der Waals surface area contributed by atoms with E-state index >= 15 is 0 Å². The molecule has 2 aromatic carbocycles. The summed E-state index contributed by atoms with van der Waals surface area (Å²) in [5.74, 6) is 0.207. The minimum absolute atomic E-state index is 0.0909. The summed E-state index contributed by atoms with van der Waals surface area (Å²) in [4.78, 5) is 2.29. The van der Waals surface area contributed by atoms with Gasteiger partial charge in [0.15, 0.2) is 0 Å². The predicted molar refractivity (Wildman–Crippen MR) is 128 cm³/mol. The van der Waals surface area contributed by atoms with Gasteiger partial charge in [-0.15, -0.1) is 0 Å². The first-order valence-electron chi connectivity index (χ1n) is 11.3. The van der Waals surface area contributed by atoms with E-state index in [4.69, 9.17) is 4.74 Å². The fourth-order valence-corrected chi connectivity index (χ4v) is 6.00. The largest absolute Gasteiger partial charge is 0.487 e. The molecule has 0 aliphatic carbocycles. The summed E-state index contributed by atoms with van der Waals surface area (Å²) in [6, 6.07) is 13.8. The second-order valence-corrected chi connectivity index (χ2v) is 10.7. The van der Waals surface area contributed by atoms with Gasteiger partial charge in [0.2, 0.25) is 10.0 Å². The molecule has 0 radical (unpaired) electrons. The van der Waals surface area contributed by atoms with Crippen molar-refractivity contribution in [1.29, 1.82) is 5.26 Å². The Kier molecular flexibility index (Phi) is 8.14. The molecule has 1 aliphatic rings. The molecule has 178 valence electrons. The van der Waals surface area contributed by atoms with E-state index in [-0.39, 0.29) is 30.1 Å². The molecular formula is C25H33N3O4S. The van der Waals surface area contributed by atoms with Gasteiger partial charge in [0.1, 0.15) is 16.7 Å². The summed E-state index contributed by atoms with van der Waals surface area (Å²) in [6.07, 6.45) is 0.778. The molecule has 3 atom stereocenters. The molecule has 0 aromatic heterocycles. The van der Waals surface area contributed by atoms with Crippen molar-refractivity contribution >= 4 is 10.0 Å². The van der Waals surface area contributed by atoms with Crippen LogP contribution in [0.15, 0.2) is 47.4 Å². The Hall–Kier alpha value is -2.44. The van der Waals surface area contributed by atoms with Crippen molar-refractivity contribution < 1.29 is 18.3 Å². The molecule has 0 spiro atoms. The summed E-state index contributed by atoms with van der Waals surface area (Å²) in [5.41, 5.74) is 2.12. The van der Waals surface area contributed by atoms with E-state index in [9.17, 15) is 18.8 Å². The van der Waals surface area contributed by atoms with E-state index in [0.717, 1.165) is 24.1 Å². The van der Waals surface area contributed by atoms with E-state index in [1.165, 1.54) is 4.31 Å². The predicted octanol–water partition coefficient (Wildman–Crippen LogP) is 3.34. The monoisotopic (exact) mass is 471 g/mol. The van der Waals surface area contributed by atoms with Crippen molar-refractivity contribution in [2.24, 2.45) is 5.92 Å². The van der Waals surface area contributed by atoms with Crippen molar-refractivity contribution in [3.8, 4) is 22.9 Å². The van der Waals surface area contributed by atoms with Crippen molar-refractivity contribution in [1.82, 2.24) is 9.21 Å². The average Bonchev–Trinajstić information content (AvgIpc) is 2.80. The second-order valence-electron chi connectivity index (χ2n) is 8.86. The van der Waals surface area contributed by atoms with Gasteiger partial charge in [-0.25, -0.2) is 8.42 Å². The topological polar surface area (TPSA) is 93.9 Å². The van der Waals surface area contributed by atoms with Crippen molar-refractivity contribution in [3.63, 3.8) is 0 Å². The first-order valence-corrected chi connectivity index (χ1v) is 12.8. The van der Waals surface area contributed by atoms with Gasteiger partial charge in [-0.05, 0) is 62.3 Å². The van der Waals surface area contributed by atoms with Crippen LogP contribution in [0.3, 0.4) is 0 Å². The zero-order valence-corrected chi connectivity index (χ0v) is 20.5. The normalized spacial score (nSPS) is 21.4. The van der Waals surface area contributed by atoms with Gasteiger partial charge in [-0.3, -0.25) is 0 Å². The highest BCUT2D eigenvalue weighted by molar-refractivity contribution is 7.89. The van der Waals surface area contributed by atoms with Gasteiger partial charge in [-0.1, -0.05) is 32.0 Å². The molecule has 2 aromatic rings. The summed E-state index contributed by atoms with van der Waals surface area (Å²) >= 11 is 0. The summed E-state index contributed by atoms with van der Waals surface area (Å²) < 4.78 is 35.0. The van der Waals surface area contributed by atoms with Crippen molar-refractivity contribution in [2.45, 2.75) is 44.2 Å². The Morgan fingerprint density at radius 2 is 2.00 bits per heavy atom. The number of aliphatic hydroxyl groups excluding tert-OH is 1. The van der Waals surface area contributed by atoms with Gasteiger partial charge >= 0.3 is 0 Å². The molecule has 0 saturated carbocycles. The molecule has 1 aliphatic heterocycles. The number of ether oxygens (including phenoxy) is 1. The lowest BCUT2D eigenvalue weighted by Gasteiger charge is -2.37. The van der Waals surface area contributed by atoms with Gasteiger partial charge in [-0.2, -0.15) is 9.57 Å². The van der Waals surface area contributed by atoms with Crippen LogP contribution in [0.4, 0.5) is 0 Å². The Morgan fingerprint density at radius 1 is 1.27 bits per heavy atom. The fraction of sp³-hybridized carbons (Fsp3) is 0.480. The second kappa shape index (κ2) is 10.7. The standard InChI is InChI=1S/C25H33N3O4S/c1-5-11-27(4)16-24-18(2)15-28(19(3)17-29)33(30,31)25-10-9-22(13-23(25)32-24)21-8-6-7-20(12-21)14-26/h6-10,12-13,18-19,24,29H,5,11,15-17H2,1-4H3/t18-,19+,24-/m1/s1. The first kappa shape index (κ1) is 25.2. The van der Waals surface area contributed by atoms with E-state index in [2.05, 4.69) is 17.9 Å². The molecule has 0 fully saturated rings. The molecule has 3 rings (SSSR count). The maximum absolute atomic E-state index is 13.6. The molecule has 0 bridgehead atoms. The van der Waals surface area contributed by atoms with Crippen LogP contribution >= 0.6 is 0 Å².